The molecule has 1 aliphatic rings. The van der Waals surface area contributed by atoms with Gasteiger partial charge in [-0.05, 0) is 40.8 Å². The maximum atomic E-state index is 13.0. The lowest BCUT2D eigenvalue weighted by molar-refractivity contribution is -0.138. The van der Waals surface area contributed by atoms with Gasteiger partial charge in [-0.2, -0.15) is 13.2 Å². The summed E-state index contributed by atoms with van der Waals surface area (Å²) in [4.78, 5) is 13.6. The second-order valence-electron chi connectivity index (χ2n) is 4.23. The molecule has 1 amide bonds. The first-order valence-corrected chi connectivity index (χ1v) is 6.84. The smallest absolute Gasteiger partial charge is 0.336 e. The van der Waals surface area contributed by atoms with Crippen molar-refractivity contribution < 1.29 is 18.0 Å². The monoisotopic (exact) mass is 384 g/mol. The number of nitrogens with zero attached hydrogens (tertiary/aromatic N) is 1. The molecule has 1 aromatic rings. The Morgan fingerprint density at radius 3 is 2.47 bits per heavy atom. The molecular formula is C12H12F3IN2O. The van der Waals surface area contributed by atoms with Crippen LogP contribution in [0.3, 0.4) is 0 Å². The first kappa shape index (κ1) is 14.6. The lowest BCUT2D eigenvalue weighted by Crippen LogP contribution is -2.46. The van der Waals surface area contributed by atoms with Gasteiger partial charge in [-0.15, -0.1) is 0 Å². The van der Waals surface area contributed by atoms with Gasteiger partial charge < -0.3 is 10.2 Å². The van der Waals surface area contributed by atoms with Crippen LogP contribution in [0.1, 0.15) is 15.9 Å². The highest BCUT2D eigenvalue weighted by Crippen LogP contribution is 2.33. The second-order valence-corrected chi connectivity index (χ2v) is 5.48. The van der Waals surface area contributed by atoms with Gasteiger partial charge in [0.05, 0.1) is 11.1 Å². The van der Waals surface area contributed by atoms with Gasteiger partial charge in [0.15, 0.2) is 0 Å². The fourth-order valence-corrected chi connectivity index (χ4v) is 2.47. The zero-order chi connectivity index (χ0) is 14.0. The number of carbonyl (C=O) groups excluding carboxylic acids is 1. The maximum absolute atomic E-state index is 13.0. The van der Waals surface area contributed by atoms with Crippen molar-refractivity contribution in [3.8, 4) is 0 Å². The lowest BCUT2D eigenvalue weighted by Gasteiger charge is -2.28. The molecule has 1 aliphatic heterocycles. The minimum absolute atomic E-state index is 0.269. The normalized spacial score (nSPS) is 16.5. The highest BCUT2D eigenvalue weighted by molar-refractivity contribution is 14.1. The largest absolute Gasteiger partial charge is 0.417 e. The fourth-order valence-electron chi connectivity index (χ4n) is 1.98. The molecule has 0 atom stereocenters. The summed E-state index contributed by atoms with van der Waals surface area (Å²) in [5.74, 6) is -0.551. The maximum Gasteiger partial charge on any atom is 0.417 e. The predicted molar refractivity (Wildman–Crippen MR) is 72.9 cm³/mol. The minimum atomic E-state index is -4.51. The van der Waals surface area contributed by atoms with Crippen LogP contribution in [0.5, 0.6) is 0 Å². The van der Waals surface area contributed by atoms with E-state index in [1.54, 1.807) is 22.6 Å². The number of piperazine rings is 1. The first-order chi connectivity index (χ1) is 8.89. The van der Waals surface area contributed by atoms with E-state index in [1.165, 1.54) is 17.0 Å². The quantitative estimate of drug-likeness (QED) is 0.755. The highest BCUT2D eigenvalue weighted by atomic mass is 127. The van der Waals surface area contributed by atoms with Crippen molar-refractivity contribution in [3.63, 3.8) is 0 Å². The summed E-state index contributed by atoms with van der Waals surface area (Å²) in [7, 11) is 0. The van der Waals surface area contributed by atoms with Gasteiger partial charge in [0.25, 0.3) is 5.91 Å². The van der Waals surface area contributed by atoms with Crippen molar-refractivity contribution in [1.82, 2.24) is 10.2 Å². The fraction of sp³-hybridized carbons (Fsp3) is 0.417. The van der Waals surface area contributed by atoms with Crippen LogP contribution in [-0.4, -0.2) is 37.0 Å². The molecule has 3 nitrogen and oxygen atoms in total. The Kier molecular flexibility index (Phi) is 4.34. The Bertz CT molecular complexity index is 484. The van der Waals surface area contributed by atoms with Crippen molar-refractivity contribution in [3.05, 3.63) is 32.9 Å². The molecule has 104 valence electrons. The van der Waals surface area contributed by atoms with Crippen LogP contribution in [0.15, 0.2) is 18.2 Å². The van der Waals surface area contributed by atoms with Gasteiger partial charge in [-0.1, -0.05) is 0 Å². The third-order valence-electron chi connectivity index (χ3n) is 2.92. The van der Waals surface area contributed by atoms with Gasteiger partial charge in [0.1, 0.15) is 0 Å². The standard InChI is InChI=1S/C12H12F3IN2O/c13-12(14,15)10-7-8(16)1-2-9(10)11(19)18-5-3-17-4-6-18/h1-2,7,17H,3-6H2. The Balaban J connectivity index is 2.35. The average molecular weight is 384 g/mol. The number of hydrogen-bond donors (Lipinski definition) is 1. The number of nitrogens with one attached hydrogen (secondary N) is 1. The molecule has 0 spiro atoms. The van der Waals surface area contributed by atoms with E-state index in [4.69, 9.17) is 0 Å². The predicted octanol–water partition coefficient (Wildman–Crippen LogP) is 2.36. The third kappa shape index (κ3) is 3.38. The molecule has 0 aromatic heterocycles. The van der Waals surface area contributed by atoms with Gasteiger partial charge in [0, 0.05) is 29.7 Å². The van der Waals surface area contributed by atoms with Gasteiger partial charge in [0.2, 0.25) is 0 Å². The topological polar surface area (TPSA) is 32.3 Å². The second kappa shape index (κ2) is 5.66. The average Bonchev–Trinajstić information content (AvgIpc) is 2.38. The number of rotatable bonds is 1. The summed E-state index contributed by atoms with van der Waals surface area (Å²) >= 11 is 1.81. The van der Waals surface area contributed by atoms with Crippen LogP contribution in [0, 0.1) is 3.57 Å². The van der Waals surface area contributed by atoms with Crippen LogP contribution >= 0.6 is 22.6 Å². The zero-order valence-corrected chi connectivity index (χ0v) is 12.1. The number of benzene rings is 1. The number of halogens is 4. The Hall–Kier alpha value is -0.830. The van der Waals surface area contributed by atoms with E-state index in [2.05, 4.69) is 5.32 Å². The molecule has 2 rings (SSSR count). The Morgan fingerprint density at radius 1 is 1.26 bits per heavy atom. The molecule has 1 N–H and O–H groups in total. The molecule has 0 aliphatic carbocycles. The third-order valence-corrected chi connectivity index (χ3v) is 3.59. The Morgan fingerprint density at radius 2 is 1.89 bits per heavy atom. The summed E-state index contributed by atoms with van der Waals surface area (Å²) in [5, 5.41) is 3.06. The van der Waals surface area contributed by atoms with Crippen molar-refractivity contribution >= 4 is 28.5 Å². The molecule has 0 unspecified atom stereocenters. The van der Waals surface area contributed by atoms with E-state index in [-0.39, 0.29) is 5.56 Å². The summed E-state index contributed by atoms with van der Waals surface area (Å²) in [6.07, 6.45) is -4.51. The molecule has 7 heteroatoms. The van der Waals surface area contributed by atoms with Gasteiger partial charge in [-0.3, -0.25) is 4.79 Å². The van der Waals surface area contributed by atoms with Gasteiger partial charge in [-0.25, -0.2) is 0 Å². The molecule has 19 heavy (non-hydrogen) atoms. The van der Waals surface area contributed by atoms with Crippen LogP contribution in [0.4, 0.5) is 13.2 Å². The van der Waals surface area contributed by atoms with E-state index < -0.39 is 17.6 Å². The van der Waals surface area contributed by atoms with Crippen molar-refractivity contribution in [2.75, 3.05) is 26.2 Å². The van der Waals surface area contributed by atoms with Crippen LogP contribution in [-0.2, 0) is 6.18 Å². The van der Waals surface area contributed by atoms with Crippen LogP contribution in [0.2, 0.25) is 0 Å². The van der Waals surface area contributed by atoms with Crippen LogP contribution in [0.25, 0.3) is 0 Å². The number of amides is 1. The molecule has 1 heterocycles. The minimum Gasteiger partial charge on any atom is -0.336 e. The summed E-state index contributed by atoms with van der Waals surface area (Å²) in [6, 6.07) is 3.79. The van der Waals surface area contributed by atoms with Crippen LogP contribution < -0.4 is 5.32 Å². The highest BCUT2D eigenvalue weighted by Gasteiger charge is 2.36. The summed E-state index contributed by atoms with van der Waals surface area (Å²) in [5.41, 5.74) is -1.13. The van der Waals surface area contributed by atoms with Gasteiger partial charge >= 0.3 is 6.18 Å². The van der Waals surface area contributed by atoms with E-state index in [0.29, 0.717) is 29.7 Å². The molecule has 0 saturated carbocycles. The lowest BCUT2D eigenvalue weighted by atomic mass is 10.1. The van der Waals surface area contributed by atoms with E-state index in [1.807, 2.05) is 0 Å². The summed E-state index contributed by atoms with van der Waals surface area (Å²) < 4.78 is 39.4. The SMILES string of the molecule is O=C(c1ccc(I)cc1C(F)(F)F)N1CCNCC1. The zero-order valence-electron chi connectivity index (χ0n) is 9.93. The number of carbonyl (C=O) groups is 1. The van der Waals surface area contributed by atoms with E-state index in [0.717, 1.165) is 6.07 Å². The first-order valence-electron chi connectivity index (χ1n) is 5.76. The molecule has 1 saturated heterocycles. The molecule has 1 aromatic carbocycles. The Labute approximate surface area is 122 Å². The number of hydrogen-bond acceptors (Lipinski definition) is 2. The van der Waals surface area contributed by atoms with E-state index >= 15 is 0 Å². The van der Waals surface area contributed by atoms with Crippen molar-refractivity contribution in [2.45, 2.75) is 6.18 Å². The molecule has 0 radical (unpaired) electrons. The van der Waals surface area contributed by atoms with Crippen molar-refractivity contribution in [2.24, 2.45) is 0 Å². The molecular weight excluding hydrogens is 372 g/mol. The van der Waals surface area contributed by atoms with Crippen molar-refractivity contribution in [1.29, 1.82) is 0 Å². The molecule has 0 bridgehead atoms. The number of alkyl halides is 3. The summed E-state index contributed by atoms with van der Waals surface area (Å²) in [6.45, 7) is 2.08. The molecule has 1 fully saturated rings. The van der Waals surface area contributed by atoms with E-state index in [9.17, 15) is 18.0 Å².